The second-order valence-electron chi connectivity index (χ2n) is 6.64. The number of fused-ring (bicyclic) bond motifs is 1. The lowest BCUT2D eigenvalue weighted by Crippen LogP contribution is -2.49. The van der Waals surface area contributed by atoms with Gasteiger partial charge in [-0.25, -0.2) is 9.59 Å². The number of para-hydroxylation sites is 1. The Bertz CT molecular complexity index is 659. The molecule has 1 saturated heterocycles. The first-order chi connectivity index (χ1) is 12.3. The zero-order valence-corrected chi connectivity index (χ0v) is 15.1. The van der Waals surface area contributed by atoms with Gasteiger partial charge in [-0.1, -0.05) is 18.2 Å². The summed E-state index contributed by atoms with van der Waals surface area (Å²) in [6.45, 7) is 6.78. The van der Waals surface area contributed by atoms with Gasteiger partial charge in [0.1, 0.15) is 0 Å². The molecule has 8 heteroatoms. The fourth-order valence-corrected chi connectivity index (χ4v) is 3.22. The van der Waals surface area contributed by atoms with Crippen LogP contribution in [0, 0.1) is 0 Å². The van der Waals surface area contributed by atoms with Gasteiger partial charge in [-0.2, -0.15) is 0 Å². The Kier molecular flexibility index (Phi) is 6.70. The molecule has 1 atom stereocenters. The lowest BCUT2D eigenvalue weighted by molar-refractivity contribution is -0.159. The molecule has 1 unspecified atom stereocenters. The molecule has 0 spiro atoms. The Balaban J connectivity index is 0.000000352. The summed E-state index contributed by atoms with van der Waals surface area (Å²) in [5, 5.41) is 14.8. The van der Waals surface area contributed by atoms with Crippen LogP contribution in [0.5, 0.6) is 0 Å². The lowest BCUT2D eigenvalue weighted by atomic mass is 10.1. The highest BCUT2D eigenvalue weighted by molar-refractivity contribution is 6.27. The highest BCUT2D eigenvalue weighted by Gasteiger charge is 2.31. The van der Waals surface area contributed by atoms with E-state index in [4.69, 9.17) is 19.8 Å². The van der Waals surface area contributed by atoms with Crippen molar-refractivity contribution in [2.24, 2.45) is 0 Å². The van der Waals surface area contributed by atoms with Gasteiger partial charge in [0.05, 0.1) is 6.54 Å². The van der Waals surface area contributed by atoms with Crippen LogP contribution in [0.1, 0.15) is 12.5 Å². The number of carbonyl (C=O) groups excluding carboxylic acids is 1. The fraction of sp³-hybridized carbons (Fsp3) is 0.500. The van der Waals surface area contributed by atoms with Crippen molar-refractivity contribution in [2.75, 3.05) is 44.7 Å². The molecule has 0 aromatic heterocycles. The summed E-state index contributed by atoms with van der Waals surface area (Å²) in [6.07, 6.45) is 0.977. The first-order valence-corrected chi connectivity index (χ1v) is 8.56. The molecule has 2 heterocycles. The summed E-state index contributed by atoms with van der Waals surface area (Å²) < 4.78 is 0. The molecule has 1 aromatic rings. The van der Waals surface area contributed by atoms with Crippen LogP contribution in [0.4, 0.5) is 5.69 Å². The molecule has 2 N–H and O–H groups in total. The van der Waals surface area contributed by atoms with E-state index in [2.05, 4.69) is 42.0 Å². The van der Waals surface area contributed by atoms with E-state index in [1.807, 2.05) is 11.0 Å². The van der Waals surface area contributed by atoms with E-state index in [-0.39, 0.29) is 11.9 Å². The van der Waals surface area contributed by atoms with Crippen LogP contribution in [0.25, 0.3) is 0 Å². The minimum atomic E-state index is -1.82. The fourth-order valence-electron chi connectivity index (χ4n) is 3.22. The number of anilines is 1. The second kappa shape index (κ2) is 8.77. The maximum atomic E-state index is 12.6. The van der Waals surface area contributed by atoms with Crippen LogP contribution in [-0.4, -0.2) is 83.7 Å². The zero-order valence-electron chi connectivity index (χ0n) is 15.1. The molecule has 142 valence electrons. The van der Waals surface area contributed by atoms with Gasteiger partial charge in [0.2, 0.25) is 5.91 Å². The van der Waals surface area contributed by atoms with Gasteiger partial charge in [-0.3, -0.25) is 9.69 Å². The molecule has 3 rings (SSSR count). The van der Waals surface area contributed by atoms with Crippen molar-refractivity contribution in [2.45, 2.75) is 19.4 Å². The van der Waals surface area contributed by atoms with Crippen molar-refractivity contribution in [3.05, 3.63) is 29.8 Å². The van der Waals surface area contributed by atoms with Gasteiger partial charge in [0.15, 0.2) is 0 Å². The third-order valence-corrected chi connectivity index (χ3v) is 4.61. The quantitative estimate of drug-likeness (QED) is 0.732. The third kappa shape index (κ3) is 5.03. The Labute approximate surface area is 152 Å². The molecule has 0 radical (unpaired) electrons. The first-order valence-electron chi connectivity index (χ1n) is 8.56. The average Bonchev–Trinajstić information content (AvgIpc) is 2.93. The number of carboxylic acids is 2. The van der Waals surface area contributed by atoms with E-state index in [1.165, 1.54) is 5.56 Å². The molecule has 2 aliphatic heterocycles. The number of piperazine rings is 1. The summed E-state index contributed by atoms with van der Waals surface area (Å²) >= 11 is 0. The van der Waals surface area contributed by atoms with Crippen molar-refractivity contribution in [1.82, 2.24) is 9.80 Å². The molecule has 8 nitrogen and oxygen atoms in total. The standard InChI is InChI=1S/C16H23N3O.C2H2O4/c1-13-11-14-5-3-4-6-15(14)19(13)16(20)12-18-9-7-17(2)8-10-18;3-1(4)2(5)6/h3-6,13H,7-12H2,1-2H3;(H,3,4)(H,5,6). The van der Waals surface area contributed by atoms with Crippen LogP contribution < -0.4 is 4.90 Å². The van der Waals surface area contributed by atoms with Crippen LogP contribution in [-0.2, 0) is 20.8 Å². The minimum absolute atomic E-state index is 0.243. The first kappa shape index (κ1) is 19.9. The zero-order chi connectivity index (χ0) is 19.3. The van der Waals surface area contributed by atoms with Crippen molar-refractivity contribution in [3.8, 4) is 0 Å². The van der Waals surface area contributed by atoms with Gasteiger partial charge in [-0.15, -0.1) is 0 Å². The number of nitrogens with zero attached hydrogens (tertiary/aromatic N) is 3. The highest BCUT2D eigenvalue weighted by Crippen LogP contribution is 2.31. The second-order valence-corrected chi connectivity index (χ2v) is 6.64. The molecule has 1 amide bonds. The SMILES string of the molecule is CC1Cc2ccccc2N1C(=O)CN1CCN(C)CC1.O=C(O)C(=O)O. The predicted molar refractivity (Wildman–Crippen MR) is 96.3 cm³/mol. The maximum absolute atomic E-state index is 12.6. The average molecular weight is 363 g/mol. The molecule has 26 heavy (non-hydrogen) atoms. The Morgan fingerprint density at radius 2 is 1.62 bits per heavy atom. The summed E-state index contributed by atoms with van der Waals surface area (Å²) in [4.78, 5) is 37.4. The van der Waals surface area contributed by atoms with Crippen LogP contribution in [0.2, 0.25) is 0 Å². The van der Waals surface area contributed by atoms with E-state index in [9.17, 15) is 4.79 Å². The van der Waals surface area contributed by atoms with E-state index < -0.39 is 11.9 Å². The number of likely N-dealkylation sites (N-methyl/N-ethyl adjacent to an activating group) is 1. The minimum Gasteiger partial charge on any atom is -0.473 e. The predicted octanol–water partition coefficient (Wildman–Crippen LogP) is 0.367. The van der Waals surface area contributed by atoms with Crippen molar-refractivity contribution < 1.29 is 24.6 Å². The van der Waals surface area contributed by atoms with Gasteiger partial charge in [-0.05, 0) is 32.0 Å². The normalized spacial score (nSPS) is 20.1. The Morgan fingerprint density at radius 3 is 2.19 bits per heavy atom. The lowest BCUT2D eigenvalue weighted by Gasteiger charge is -2.33. The number of hydrogen-bond donors (Lipinski definition) is 2. The number of carbonyl (C=O) groups is 3. The van der Waals surface area contributed by atoms with E-state index in [0.29, 0.717) is 6.54 Å². The molecule has 0 aliphatic carbocycles. The summed E-state index contributed by atoms with van der Waals surface area (Å²) in [5.74, 6) is -3.41. The molecule has 0 bridgehead atoms. The number of carboxylic acid groups (broad SMARTS) is 2. The van der Waals surface area contributed by atoms with Gasteiger partial charge >= 0.3 is 11.9 Å². The number of hydrogen-bond acceptors (Lipinski definition) is 5. The van der Waals surface area contributed by atoms with Crippen molar-refractivity contribution in [3.63, 3.8) is 0 Å². The van der Waals surface area contributed by atoms with E-state index >= 15 is 0 Å². The molecule has 2 aliphatic rings. The third-order valence-electron chi connectivity index (χ3n) is 4.61. The maximum Gasteiger partial charge on any atom is 0.414 e. The Hall–Kier alpha value is -2.45. The summed E-state index contributed by atoms with van der Waals surface area (Å²) in [6, 6.07) is 8.57. The molecule has 1 fully saturated rings. The van der Waals surface area contributed by atoms with Crippen LogP contribution in [0.15, 0.2) is 24.3 Å². The number of amides is 1. The highest BCUT2D eigenvalue weighted by atomic mass is 16.4. The van der Waals surface area contributed by atoms with E-state index in [1.54, 1.807) is 0 Å². The largest absolute Gasteiger partial charge is 0.473 e. The van der Waals surface area contributed by atoms with Gasteiger partial charge in [0.25, 0.3) is 0 Å². The topological polar surface area (TPSA) is 101 Å². The van der Waals surface area contributed by atoms with Crippen LogP contribution in [0.3, 0.4) is 0 Å². The molecule has 1 aromatic carbocycles. The van der Waals surface area contributed by atoms with Crippen molar-refractivity contribution in [1.29, 1.82) is 0 Å². The molecule has 0 saturated carbocycles. The number of rotatable bonds is 2. The summed E-state index contributed by atoms with van der Waals surface area (Å²) in [7, 11) is 2.14. The summed E-state index contributed by atoms with van der Waals surface area (Å²) in [5.41, 5.74) is 2.41. The molecular weight excluding hydrogens is 338 g/mol. The van der Waals surface area contributed by atoms with Crippen LogP contribution >= 0.6 is 0 Å². The van der Waals surface area contributed by atoms with E-state index in [0.717, 1.165) is 38.3 Å². The number of benzene rings is 1. The Morgan fingerprint density at radius 1 is 1.04 bits per heavy atom. The smallest absolute Gasteiger partial charge is 0.414 e. The number of aliphatic carboxylic acids is 2. The monoisotopic (exact) mass is 363 g/mol. The van der Waals surface area contributed by atoms with Crippen molar-refractivity contribution >= 4 is 23.5 Å². The van der Waals surface area contributed by atoms with Gasteiger partial charge < -0.3 is 20.0 Å². The molecular formula is C18H25N3O5. The van der Waals surface area contributed by atoms with Gasteiger partial charge in [0, 0.05) is 37.9 Å².